The molecular weight excluding hydrogens is 300 g/mol. The number of nitrogens with zero attached hydrogens (tertiary/aromatic N) is 2. The molecule has 128 valence electrons. The molecule has 1 fully saturated rings. The smallest absolute Gasteiger partial charge is 0.223 e. The predicted molar refractivity (Wildman–Crippen MR) is 93.6 cm³/mol. The molecule has 0 spiro atoms. The van der Waals surface area contributed by atoms with Gasteiger partial charge in [0.05, 0.1) is 6.07 Å². The number of carbonyl (C=O) groups is 2. The van der Waals surface area contributed by atoms with Crippen LogP contribution in [0.25, 0.3) is 0 Å². The summed E-state index contributed by atoms with van der Waals surface area (Å²) in [5.74, 6) is 0.0961. The van der Waals surface area contributed by atoms with E-state index in [1.165, 1.54) is 5.56 Å². The largest absolute Gasteiger partial charge is 0.343 e. The van der Waals surface area contributed by atoms with Gasteiger partial charge in [0.25, 0.3) is 0 Å². The molecule has 0 unspecified atom stereocenters. The Balaban J connectivity index is 1.85. The molecule has 0 N–H and O–H groups in total. The number of benzene rings is 1. The van der Waals surface area contributed by atoms with Crippen molar-refractivity contribution >= 4 is 11.7 Å². The third-order valence-electron chi connectivity index (χ3n) is 4.67. The summed E-state index contributed by atoms with van der Waals surface area (Å²) in [6.45, 7) is 7.67. The molecule has 1 amide bonds. The van der Waals surface area contributed by atoms with Crippen molar-refractivity contribution in [3.63, 3.8) is 0 Å². The Labute approximate surface area is 144 Å². The lowest BCUT2D eigenvalue weighted by Gasteiger charge is -2.29. The molecule has 0 aliphatic carbocycles. The molecule has 1 heterocycles. The van der Waals surface area contributed by atoms with E-state index in [4.69, 9.17) is 5.26 Å². The summed E-state index contributed by atoms with van der Waals surface area (Å²) in [6.07, 6.45) is 1.97. The lowest BCUT2D eigenvalue weighted by atomic mass is 9.86. The van der Waals surface area contributed by atoms with Crippen LogP contribution in [0.2, 0.25) is 0 Å². The van der Waals surface area contributed by atoms with E-state index in [-0.39, 0.29) is 35.9 Å². The van der Waals surface area contributed by atoms with Gasteiger partial charge in [-0.1, -0.05) is 45.0 Å². The van der Waals surface area contributed by atoms with Crippen LogP contribution in [0.5, 0.6) is 0 Å². The summed E-state index contributed by atoms with van der Waals surface area (Å²) in [5.41, 5.74) is 1.92. The van der Waals surface area contributed by atoms with E-state index in [0.29, 0.717) is 18.7 Å². The molecule has 1 aromatic rings. The van der Waals surface area contributed by atoms with Crippen molar-refractivity contribution in [2.45, 2.75) is 51.9 Å². The molecular formula is C20H26N2O2. The summed E-state index contributed by atoms with van der Waals surface area (Å²) in [4.78, 5) is 26.3. The van der Waals surface area contributed by atoms with Crippen LogP contribution in [0, 0.1) is 17.2 Å². The number of rotatable bonds is 4. The summed E-state index contributed by atoms with van der Waals surface area (Å²) in [6, 6.07) is 9.94. The number of piperidine rings is 1. The van der Waals surface area contributed by atoms with Crippen molar-refractivity contribution in [3.05, 3.63) is 35.4 Å². The summed E-state index contributed by atoms with van der Waals surface area (Å²) >= 11 is 0. The number of likely N-dealkylation sites (tertiary alicyclic amines) is 1. The van der Waals surface area contributed by atoms with Gasteiger partial charge in [-0.15, -0.1) is 0 Å². The number of amides is 1. The molecule has 4 heteroatoms. The van der Waals surface area contributed by atoms with Gasteiger partial charge < -0.3 is 4.90 Å². The monoisotopic (exact) mass is 326 g/mol. The fraction of sp³-hybridized carbons (Fsp3) is 0.550. The minimum Gasteiger partial charge on any atom is -0.343 e. The minimum absolute atomic E-state index is 0.00993. The van der Waals surface area contributed by atoms with Gasteiger partial charge in [0, 0.05) is 37.4 Å². The van der Waals surface area contributed by atoms with Crippen molar-refractivity contribution in [2.24, 2.45) is 5.92 Å². The first-order valence-electron chi connectivity index (χ1n) is 8.62. The van der Waals surface area contributed by atoms with Crippen molar-refractivity contribution in [3.8, 4) is 6.07 Å². The Kier molecular flexibility index (Phi) is 5.77. The van der Waals surface area contributed by atoms with Crippen molar-refractivity contribution in [1.29, 1.82) is 5.26 Å². The first kappa shape index (κ1) is 18.2. The van der Waals surface area contributed by atoms with Crippen LogP contribution in [0.3, 0.4) is 0 Å². The van der Waals surface area contributed by atoms with Gasteiger partial charge in [-0.25, -0.2) is 0 Å². The van der Waals surface area contributed by atoms with Gasteiger partial charge in [-0.3, -0.25) is 9.59 Å². The fourth-order valence-corrected chi connectivity index (χ4v) is 2.94. The number of hydrogen-bond acceptors (Lipinski definition) is 3. The number of ketones is 1. The number of carbonyl (C=O) groups excluding carboxylic acids is 2. The molecule has 0 atom stereocenters. The summed E-state index contributed by atoms with van der Waals surface area (Å²) in [7, 11) is 0. The molecule has 2 rings (SSSR count). The highest BCUT2D eigenvalue weighted by Gasteiger charge is 2.23. The van der Waals surface area contributed by atoms with Gasteiger partial charge in [-0.2, -0.15) is 5.26 Å². The molecule has 1 saturated heterocycles. The third-order valence-corrected chi connectivity index (χ3v) is 4.67. The molecule has 4 nitrogen and oxygen atoms in total. The summed E-state index contributed by atoms with van der Waals surface area (Å²) < 4.78 is 0. The van der Waals surface area contributed by atoms with Crippen LogP contribution in [0.15, 0.2) is 24.3 Å². The lowest BCUT2D eigenvalue weighted by Crippen LogP contribution is -2.38. The van der Waals surface area contributed by atoms with E-state index in [1.807, 2.05) is 24.3 Å². The highest BCUT2D eigenvalue weighted by molar-refractivity contribution is 5.98. The quantitative estimate of drug-likeness (QED) is 0.792. The SMILES string of the molecule is CC(C)(C)c1ccc(C(=O)CCC(=O)N2CCC(C#N)CC2)cc1. The van der Waals surface area contributed by atoms with E-state index < -0.39 is 0 Å². The zero-order chi connectivity index (χ0) is 17.7. The van der Waals surface area contributed by atoms with Crippen LogP contribution in [0.1, 0.15) is 62.4 Å². The van der Waals surface area contributed by atoms with Crippen molar-refractivity contribution in [2.75, 3.05) is 13.1 Å². The van der Waals surface area contributed by atoms with Crippen molar-refractivity contribution < 1.29 is 9.59 Å². The second-order valence-corrected chi connectivity index (χ2v) is 7.53. The fourth-order valence-electron chi connectivity index (χ4n) is 2.94. The predicted octanol–water partition coefficient (Wildman–Crippen LogP) is 3.71. The molecule has 0 saturated carbocycles. The maximum absolute atomic E-state index is 12.3. The zero-order valence-electron chi connectivity index (χ0n) is 14.8. The van der Waals surface area contributed by atoms with Crippen LogP contribution in [-0.2, 0) is 10.2 Å². The molecule has 0 aromatic heterocycles. The van der Waals surface area contributed by atoms with E-state index in [2.05, 4.69) is 26.8 Å². The molecule has 0 radical (unpaired) electrons. The average molecular weight is 326 g/mol. The van der Waals surface area contributed by atoms with E-state index >= 15 is 0 Å². The lowest BCUT2D eigenvalue weighted by molar-refractivity contribution is -0.132. The zero-order valence-corrected chi connectivity index (χ0v) is 14.8. The molecule has 0 bridgehead atoms. The normalized spacial score (nSPS) is 15.8. The maximum Gasteiger partial charge on any atom is 0.223 e. The highest BCUT2D eigenvalue weighted by Crippen LogP contribution is 2.23. The van der Waals surface area contributed by atoms with E-state index in [0.717, 1.165) is 12.8 Å². The van der Waals surface area contributed by atoms with Crippen molar-refractivity contribution in [1.82, 2.24) is 4.90 Å². The number of Topliss-reactive ketones (excluding diaryl/α,β-unsaturated/α-hetero) is 1. The van der Waals surface area contributed by atoms with E-state index in [9.17, 15) is 9.59 Å². The van der Waals surface area contributed by atoms with Crippen LogP contribution < -0.4 is 0 Å². The highest BCUT2D eigenvalue weighted by atomic mass is 16.2. The van der Waals surface area contributed by atoms with Gasteiger partial charge in [0.1, 0.15) is 0 Å². The topological polar surface area (TPSA) is 61.2 Å². The first-order chi connectivity index (χ1) is 11.3. The second kappa shape index (κ2) is 7.61. The third kappa shape index (κ3) is 4.67. The first-order valence-corrected chi connectivity index (χ1v) is 8.62. The van der Waals surface area contributed by atoms with Gasteiger partial charge in [-0.05, 0) is 23.8 Å². The second-order valence-electron chi connectivity index (χ2n) is 7.53. The van der Waals surface area contributed by atoms with E-state index in [1.54, 1.807) is 4.90 Å². The van der Waals surface area contributed by atoms with Gasteiger partial charge >= 0.3 is 0 Å². The minimum atomic E-state index is 0.00993. The van der Waals surface area contributed by atoms with Gasteiger partial charge in [0.15, 0.2) is 5.78 Å². The Morgan fingerprint density at radius 3 is 2.21 bits per heavy atom. The van der Waals surface area contributed by atoms with Gasteiger partial charge in [0.2, 0.25) is 5.91 Å². The molecule has 1 aliphatic heterocycles. The Bertz CT molecular complexity index is 627. The van der Waals surface area contributed by atoms with Crippen LogP contribution >= 0.6 is 0 Å². The Hall–Kier alpha value is -2.15. The average Bonchev–Trinajstić information content (AvgIpc) is 2.58. The number of hydrogen-bond donors (Lipinski definition) is 0. The standard InChI is InChI=1S/C20H26N2O2/c1-20(2,3)17-6-4-16(5-7-17)18(23)8-9-19(24)22-12-10-15(14-21)11-13-22/h4-7,15H,8-13H2,1-3H3. The molecule has 1 aliphatic rings. The molecule has 1 aromatic carbocycles. The summed E-state index contributed by atoms with van der Waals surface area (Å²) in [5, 5.41) is 8.89. The maximum atomic E-state index is 12.3. The van der Waals surface area contributed by atoms with Crippen LogP contribution in [-0.4, -0.2) is 29.7 Å². The number of nitriles is 1. The Morgan fingerprint density at radius 1 is 1.12 bits per heavy atom. The molecule has 24 heavy (non-hydrogen) atoms. The van der Waals surface area contributed by atoms with Crippen LogP contribution in [0.4, 0.5) is 0 Å². The Morgan fingerprint density at radius 2 is 1.71 bits per heavy atom.